The van der Waals surface area contributed by atoms with Crippen molar-refractivity contribution >= 4 is 21.4 Å². The monoisotopic (exact) mass is 368 g/mol. The Kier molecular flexibility index (Phi) is 5.65. The molecule has 1 aromatic heterocycles. The number of benzene rings is 1. The maximum atomic E-state index is 13.6. The lowest BCUT2D eigenvalue weighted by atomic mass is 10.1. The number of nitrogens with zero attached hydrogens (tertiary/aromatic N) is 2. The zero-order chi connectivity index (χ0) is 17.0. The van der Waals surface area contributed by atoms with Crippen molar-refractivity contribution in [2.75, 3.05) is 32.7 Å². The summed E-state index contributed by atoms with van der Waals surface area (Å²) in [5.74, 6) is -0.149. The smallest absolute Gasteiger partial charge is 0.252 e. The van der Waals surface area contributed by atoms with Crippen LogP contribution in [0.15, 0.2) is 46.0 Å². The van der Waals surface area contributed by atoms with E-state index >= 15 is 0 Å². The van der Waals surface area contributed by atoms with E-state index in [1.165, 1.54) is 17.4 Å². The summed E-state index contributed by atoms with van der Waals surface area (Å²) in [4.78, 5) is 2.25. The lowest BCUT2D eigenvalue weighted by molar-refractivity contribution is 0.187. The maximum Gasteiger partial charge on any atom is 0.252 e. The van der Waals surface area contributed by atoms with Gasteiger partial charge in [-0.2, -0.15) is 4.31 Å². The second-order valence-electron chi connectivity index (χ2n) is 5.87. The van der Waals surface area contributed by atoms with Crippen LogP contribution in [0.3, 0.4) is 0 Å². The first-order valence-corrected chi connectivity index (χ1v) is 10.4. The Bertz CT molecular complexity index is 755. The number of thiophene rings is 1. The van der Waals surface area contributed by atoms with E-state index in [9.17, 15) is 12.8 Å². The molecular formula is C17H21FN2O2S2. The first-order chi connectivity index (χ1) is 11.6. The molecule has 2 heterocycles. The van der Waals surface area contributed by atoms with Crippen LogP contribution in [0.4, 0.5) is 4.39 Å². The van der Waals surface area contributed by atoms with Crippen LogP contribution < -0.4 is 0 Å². The minimum absolute atomic E-state index is 0.149. The maximum absolute atomic E-state index is 13.6. The lowest BCUT2D eigenvalue weighted by Crippen LogP contribution is -2.48. The quantitative estimate of drug-likeness (QED) is 0.787. The van der Waals surface area contributed by atoms with Gasteiger partial charge in [0.05, 0.1) is 0 Å². The van der Waals surface area contributed by atoms with Gasteiger partial charge in [0.1, 0.15) is 10.0 Å². The molecule has 1 aliphatic rings. The number of halogens is 1. The molecular weight excluding hydrogens is 347 g/mol. The third-order valence-corrected chi connectivity index (χ3v) is 7.57. The van der Waals surface area contributed by atoms with Crippen LogP contribution in [0.25, 0.3) is 0 Å². The molecule has 7 heteroatoms. The molecule has 1 aromatic carbocycles. The average molecular weight is 368 g/mol. The molecule has 1 saturated heterocycles. The van der Waals surface area contributed by atoms with Gasteiger partial charge in [-0.25, -0.2) is 12.8 Å². The van der Waals surface area contributed by atoms with Crippen LogP contribution in [0, 0.1) is 5.82 Å². The Labute approximate surface area is 146 Å². The molecule has 130 valence electrons. The van der Waals surface area contributed by atoms with E-state index in [1.807, 2.05) is 12.1 Å². The van der Waals surface area contributed by atoms with Crippen LogP contribution in [-0.2, 0) is 16.4 Å². The Balaban J connectivity index is 1.47. The molecule has 0 amide bonds. The molecule has 1 fully saturated rings. The van der Waals surface area contributed by atoms with Gasteiger partial charge in [-0.05, 0) is 42.5 Å². The molecule has 4 nitrogen and oxygen atoms in total. The molecule has 0 radical (unpaired) electrons. The topological polar surface area (TPSA) is 40.6 Å². The van der Waals surface area contributed by atoms with Crippen molar-refractivity contribution in [2.24, 2.45) is 0 Å². The van der Waals surface area contributed by atoms with Gasteiger partial charge in [-0.3, -0.25) is 0 Å². The summed E-state index contributed by atoms with van der Waals surface area (Å²) in [5.41, 5.74) is 0.747. The Morgan fingerprint density at radius 1 is 1.04 bits per heavy atom. The highest BCUT2D eigenvalue weighted by Crippen LogP contribution is 2.22. The fourth-order valence-electron chi connectivity index (χ4n) is 2.93. The molecule has 24 heavy (non-hydrogen) atoms. The Hall–Kier alpha value is -1.28. The van der Waals surface area contributed by atoms with Crippen LogP contribution in [0.1, 0.15) is 12.0 Å². The third kappa shape index (κ3) is 4.03. The molecule has 0 aliphatic carbocycles. The summed E-state index contributed by atoms with van der Waals surface area (Å²) in [6.07, 6.45) is 1.58. The molecule has 3 rings (SSSR count). The summed E-state index contributed by atoms with van der Waals surface area (Å²) in [5, 5.41) is 1.78. The van der Waals surface area contributed by atoms with Crippen molar-refractivity contribution in [1.29, 1.82) is 0 Å². The van der Waals surface area contributed by atoms with Crippen molar-refractivity contribution in [3.05, 3.63) is 53.2 Å². The summed E-state index contributed by atoms with van der Waals surface area (Å²) in [7, 11) is -3.34. The minimum atomic E-state index is -3.34. The van der Waals surface area contributed by atoms with E-state index in [1.54, 1.807) is 27.9 Å². The van der Waals surface area contributed by atoms with Gasteiger partial charge in [0.25, 0.3) is 10.0 Å². The summed E-state index contributed by atoms with van der Waals surface area (Å²) in [6.45, 7) is 3.34. The molecule has 2 aromatic rings. The van der Waals surface area contributed by atoms with Gasteiger partial charge < -0.3 is 4.90 Å². The largest absolute Gasteiger partial charge is 0.301 e. The SMILES string of the molecule is O=S(=O)(c1cccs1)N1CCN(CCCc2ccccc2F)CC1. The van der Waals surface area contributed by atoms with Crippen molar-refractivity contribution < 1.29 is 12.8 Å². The summed E-state index contributed by atoms with van der Waals surface area (Å²) in [6, 6.07) is 10.3. The van der Waals surface area contributed by atoms with E-state index in [4.69, 9.17) is 0 Å². The number of hydrogen-bond acceptors (Lipinski definition) is 4. The number of piperazine rings is 1. The highest BCUT2D eigenvalue weighted by Gasteiger charge is 2.28. The predicted molar refractivity (Wildman–Crippen MR) is 94.2 cm³/mol. The lowest BCUT2D eigenvalue weighted by Gasteiger charge is -2.33. The summed E-state index contributed by atoms with van der Waals surface area (Å²) >= 11 is 1.26. The Morgan fingerprint density at radius 3 is 2.46 bits per heavy atom. The summed E-state index contributed by atoms with van der Waals surface area (Å²) < 4.78 is 40.5. The number of hydrogen-bond donors (Lipinski definition) is 0. The zero-order valence-corrected chi connectivity index (χ0v) is 15.0. The van der Waals surface area contributed by atoms with Gasteiger partial charge in [0.2, 0.25) is 0 Å². The third-order valence-electron chi connectivity index (χ3n) is 4.30. The average Bonchev–Trinajstić information content (AvgIpc) is 3.12. The van der Waals surface area contributed by atoms with Crippen LogP contribution in [0.2, 0.25) is 0 Å². The molecule has 0 saturated carbocycles. The Morgan fingerprint density at radius 2 is 1.79 bits per heavy atom. The van der Waals surface area contributed by atoms with Crippen molar-refractivity contribution in [3.63, 3.8) is 0 Å². The first-order valence-electron chi connectivity index (χ1n) is 8.07. The first kappa shape index (κ1) is 17.5. The van der Waals surface area contributed by atoms with Crippen LogP contribution in [-0.4, -0.2) is 50.3 Å². The second-order valence-corrected chi connectivity index (χ2v) is 8.99. The second kappa shape index (κ2) is 7.74. The van der Waals surface area contributed by atoms with Crippen LogP contribution >= 0.6 is 11.3 Å². The van der Waals surface area contributed by atoms with Gasteiger partial charge in [-0.1, -0.05) is 24.3 Å². The number of rotatable bonds is 6. The minimum Gasteiger partial charge on any atom is -0.301 e. The normalized spacial score (nSPS) is 17.2. The van der Waals surface area contributed by atoms with E-state index < -0.39 is 10.0 Å². The molecule has 0 atom stereocenters. The van der Waals surface area contributed by atoms with E-state index in [0.29, 0.717) is 23.7 Å². The molecule has 1 aliphatic heterocycles. The fourth-order valence-corrected chi connectivity index (χ4v) is 5.49. The van der Waals surface area contributed by atoms with Gasteiger partial charge >= 0.3 is 0 Å². The highest BCUT2D eigenvalue weighted by atomic mass is 32.2. The number of aryl methyl sites for hydroxylation is 1. The fraction of sp³-hybridized carbons (Fsp3) is 0.412. The molecule has 0 bridgehead atoms. The zero-order valence-electron chi connectivity index (χ0n) is 13.4. The molecule has 0 N–H and O–H groups in total. The van der Waals surface area contributed by atoms with E-state index in [2.05, 4.69) is 4.90 Å². The van der Waals surface area contributed by atoms with E-state index in [0.717, 1.165) is 31.6 Å². The van der Waals surface area contributed by atoms with Gasteiger partial charge in [0, 0.05) is 26.2 Å². The predicted octanol–water partition coefficient (Wildman–Crippen LogP) is 2.83. The molecule has 0 unspecified atom stereocenters. The standard InChI is InChI=1S/C17H21FN2O2S2/c18-16-7-2-1-5-15(16)6-3-9-19-10-12-20(13-11-19)24(21,22)17-8-4-14-23-17/h1-2,4-5,7-8,14H,3,6,9-13H2. The van der Waals surface area contributed by atoms with Crippen molar-refractivity contribution in [2.45, 2.75) is 17.1 Å². The van der Waals surface area contributed by atoms with Crippen molar-refractivity contribution in [3.8, 4) is 0 Å². The highest BCUT2D eigenvalue weighted by molar-refractivity contribution is 7.91. The van der Waals surface area contributed by atoms with Gasteiger partial charge in [0.15, 0.2) is 0 Å². The molecule has 0 spiro atoms. The van der Waals surface area contributed by atoms with E-state index in [-0.39, 0.29) is 5.82 Å². The van der Waals surface area contributed by atoms with Gasteiger partial charge in [-0.15, -0.1) is 11.3 Å². The van der Waals surface area contributed by atoms with Crippen molar-refractivity contribution in [1.82, 2.24) is 9.21 Å². The van der Waals surface area contributed by atoms with Crippen LogP contribution in [0.5, 0.6) is 0 Å². The number of sulfonamides is 1.